The van der Waals surface area contributed by atoms with Crippen LogP contribution >= 0.6 is 0 Å². The second kappa shape index (κ2) is 2.52. The van der Waals surface area contributed by atoms with E-state index in [0.717, 1.165) is 12.1 Å². The summed E-state index contributed by atoms with van der Waals surface area (Å²) in [6, 6.07) is 5.00. The van der Waals surface area contributed by atoms with Gasteiger partial charge in [-0.1, -0.05) is 16.7 Å². The predicted molar refractivity (Wildman–Crippen MR) is 36.0 cm³/mol. The van der Waals surface area contributed by atoms with Gasteiger partial charge in [0.25, 0.3) is 0 Å². The topological polar surface area (TPSA) is 74.3 Å². The molecule has 0 saturated carbocycles. The van der Waals surface area contributed by atoms with Crippen LogP contribution in [0, 0.1) is 0 Å². The molecule has 0 atom stereocenters. The maximum Gasteiger partial charge on any atom is 0.327 e. The summed E-state index contributed by atoms with van der Waals surface area (Å²) in [5.41, 5.74) is 0. The smallest absolute Gasteiger partial charge is 0.327 e. The molecule has 0 aliphatic rings. The Hall–Kier alpha value is -1.07. The second-order valence-electron chi connectivity index (χ2n) is 1.92. The molecule has 0 bridgehead atoms. The fourth-order valence-corrected chi connectivity index (χ4v) is 1.24. The van der Waals surface area contributed by atoms with Crippen LogP contribution in [-0.4, -0.2) is 13.5 Å². The first-order valence-electron chi connectivity index (χ1n) is 2.76. The summed E-state index contributed by atoms with van der Waals surface area (Å²) in [4.78, 5) is -0.583. The van der Waals surface area contributed by atoms with Crippen molar-refractivity contribution in [1.82, 2.24) is 0 Å². The van der Waals surface area contributed by atoms with Crippen LogP contribution in [0.5, 0.6) is 5.75 Å². The van der Waals surface area contributed by atoms with Crippen LogP contribution in [0.2, 0.25) is 0 Å². The molecule has 0 spiro atoms. The fraction of sp³-hybridized carbons (Fsp3) is 0. The number of benzene rings is 1. The van der Waals surface area contributed by atoms with Crippen molar-refractivity contribution in [2.75, 3.05) is 0 Å². The number of hydrogen-bond acceptors (Lipinski definition) is 3. The molecule has 4 nitrogen and oxygen atoms in total. The van der Waals surface area contributed by atoms with Gasteiger partial charge >= 0.3 is 10.1 Å². The Kier molecular flexibility index (Phi) is 1.84. The molecule has 0 amide bonds. The first-order valence-corrected chi connectivity index (χ1v) is 4.16. The van der Waals surface area contributed by atoms with Gasteiger partial charge in [0.2, 0.25) is 0 Å². The minimum atomic E-state index is -4.53. The summed E-state index contributed by atoms with van der Waals surface area (Å²) in [7, 11) is -4.53. The number of aromatic hydroxyl groups is 1. The van der Waals surface area contributed by atoms with Crippen molar-refractivity contribution >= 4 is 10.1 Å². The molecule has 0 saturated heterocycles. The third-order valence-corrected chi connectivity index (χ3v) is 2.02. The lowest BCUT2D eigenvalue weighted by molar-refractivity contribution is 0.403. The summed E-state index contributed by atoms with van der Waals surface area (Å²) < 4.78 is 31.0. The van der Waals surface area contributed by atoms with E-state index in [-0.39, 0.29) is 0 Å². The molecule has 1 rings (SSSR count). The van der Waals surface area contributed by atoms with Crippen molar-refractivity contribution in [2.24, 2.45) is 0 Å². The molecule has 0 unspecified atom stereocenters. The van der Waals surface area contributed by atoms with Crippen molar-refractivity contribution in [1.29, 1.82) is 0 Å². The van der Waals surface area contributed by atoms with E-state index in [2.05, 4.69) is 0 Å². The van der Waals surface area contributed by atoms with Gasteiger partial charge in [0.05, 0.1) is 0 Å². The molecule has 59 valence electrons. The van der Waals surface area contributed by atoms with E-state index in [1.807, 2.05) is 0 Å². The van der Waals surface area contributed by atoms with Gasteiger partial charge in [-0.25, -0.2) is 0 Å². The summed E-state index contributed by atoms with van der Waals surface area (Å²) in [6.07, 6.45) is 0. The molecule has 0 heterocycles. The van der Waals surface area contributed by atoms with Gasteiger partial charge in [-0.05, 0) is 12.1 Å². The molecule has 11 heavy (non-hydrogen) atoms. The highest BCUT2D eigenvalue weighted by molar-refractivity contribution is 7.85. The molecule has 1 radical (unpaired) electrons. The van der Waals surface area contributed by atoms with Crippen molar-refractivity contribution in [3.05, 3.63) is 24.3 Å². The predicted octanol–water partition coefficient (Wildman–Crippen LogP) is 0.511. The molecule has 5 heteroatoms. The van der Waals surface area contributed by atoms with Crippen molar-refractivity contribution in [3.8, 4) is 5.75 Å². The molecule has 1 aromatic carbocycles. The number of phenols is 1. The van der Waals surface area contributed by atoms with Crippen LogP contribution in [0.1, 0.15) is 0 Å². The van der Waals surface area contributed by atoms with E-state index in [0.29, 0.717) is 0 Å². The monoisotopic (exact) mass is 173 g/mol. The maximum absolute atomic E-state index is 10.3. The first kappa shape index (κ1) is 8.03. The lowest BCUT2D eigenvalue weighted by atomic mass is 10.3. The van der Waals surface area contributed by atoms with Gasteiger partial charge in [-0.2, -0.15) is 8.42 Å². The molecule has 0 fully saturated rings. The third-order valence-electron chi connectivity index (χ3n) is 1.13. The van der Waals surface area contributed by atoms with Gasteiger partial charge in [0.15, 0.2) is 0 Å². The summed E-state index contributed by atoms with van der Waals surface area (Å²) in [6.45, 7) is 0. The quantitative estimate of drug-likeness (QED) is 0.672. The highest BCUT2D eigenvalue weighted by Crippen LogP contribution is 2.20. The summed E-state index contributed by atoms with van der Waals surface area (Å²) in [5, 5.41) is 8.87. The van der Waals surface area contributed by atoms with E-state index >= 15 is 0 Å². The Balaban J connectivity index is 3.37. The Bertz CT molecular complexity index is 355. The van der Waals surface area contributed by atoms with Crippen LogP contribution < -0.4 is 0 Å². The highest BCUT2D eigenvalue weighted by atomic mass is 32.2. The van der Waals surface area contributed by atoms with Gasteiger partial charge < -0.3 is 5.11 Å². The number of para-hydroxylation sites is 1. The van der Waals surface area contributed by atoms with Crippen LogP contribution in [-0.2, 0) is 14.7 Å². The summed E-state index contributed by atoms with van der Waals surface area (Å²) in [5.74, 6) is -0.512. The Morgan fingerprint density at radius 3 is 2.09 bits per heavy atom. The average Bonchev–Trinajstić information content (AvgIpc) is 1.86. The number of phenolic OH excluding ortho intramolecular Hbond substituents is 1. The molecule has 1 N–H and O–H groups in total. The van der Waals surface area contributed by atoms with Gasteiger partial charge in [0.1, 0.15) is 10.6 Å². The third kappa shape index (κ3) is 1.69. The van der Waals surface area contributed by atoms with Crippen molar-refractivity contribution in [2.45, 2.75) is 4.90 Å². The zero-order chi connectivity index (χ0) is 8.48. The molecule has 1 aromatic rings. The highest BCUT2D eigenvalue weighted by Gasteiger charge is 2.15. The van der Waals surface area contributed by atoms with E-state index in [1.165, 1.54) is 12.1 Å². The van der Waals surface area contributed by atoms with Crippen LogP contribution in [0.25, 0.3) is 0 Å². The fourth-order valence-electron chi connectivity index (χ4n) is 0.669. The van der Waals surface area contributed by atoms with Crippen LogP contribution in [0.3, 0.4) is 0 Å². The molecule has 0 aliphatic heterocycles. The SMILES string of the molecule is [O]S(=O)(=O)c1ccccc1O. The van der Waals surface area contributed by atoms with Crippen LogP contribution in [0.4, 0.5) is 0 Å². The van der Waals surface area contributed by atoms with Gasteiger partial charge in [-0.3, -0.25) is 0 Å². The Labute approximate surface area is 63.9 Å². The van der Waals surface area contributed by atoms with Gasteiger partial charge in [-0.15, -0.1) is 0 Å². The number of hydrogen-bond donors (Lipinski definition) is 1. The van der Waals surface area contributed by atoms with E-state index in [4.69, 9.17) is 5.11 Å². The molecule has 0 aromatic heterocycles. The van der Waals surface area contributed by atoms with E-state index < -0.39 is 20.8 Å². The lowest BCUT2D eigenvalue weighted by Gasteiger charge is -1.96. The molecular formula is C6H5O4S. The zero-order valence-electron chi connectivity index (χ0n) is 5.39. The van der Waals surface area contributed by atoms with Crippen LogP contribution in [0.15, 0.2) is 29.2 Å². The zero-order valence-corrected chi connectivity index (χ0v) is 6.21. The minimum absolute atomic E-state index is 0.512. The lowest BCUT2D eigenvalue weighted by Crippen LogP contribution is -1.95. The van der Waals surface area contributed by atoms with E-state index in [9.17, 15) is 13.0 Å². The average molecular weight is 173 g/mol. The van der Waals surface area contributed by atoms with Crippen molar-refractivity contribution in [3.63, 3.8) is 0 Å². The standard InChI is InChI=1S/C6H5O4S/c7-5-3-1-2-4-6(5)11(8,9)10/h1-4,7H. The normalized spacial score (nSPS) is 11.4. The van der Waals surface area contributed by atoms with Gasteiger partial charge in [0, 0.05) is 0 Å². The number of rotatable bonds is 1. The maximum atomic E-state index is 10.3. The second-order valence-corrected chi connectivity index (χ2v) is 3.27. The Morgan fingerprint density at radius 2 is 1.73 bits per heavy atom. The first-order chi connectivity index (χ1) is 5.02. The molecular weight excluding hydrogens is 168 g/mol. The summed E-state index contributed by atoms with van der Waals surface area (Å²) >= 11 is 0. The Morgan fingerprint density at radius 1 is 1.18 bits per heavy atom. The minimum Gasteiger partial charge on any atom is -0.506 e. The largest absolute Gasteiger partial charge is 0.506 e. The molecule has 0 aliphatic carbocycles. The van der Waals surface area contributed by atoms with E-state index in [1.54, 1.807) is 0 Å². The van der Waals surface area contributed by atoms with Crippen molar-refractivity contribution < 1.29 is 18.1 Å².